The number of nitrogens with one attached hydrogen (secondary N) is 1. The number of hydrogen-bond acceptors (Lipinski definition) is 4. The summed E-state index contributed by atoms with van der Waals surface area (Å²) in [5.41, 5.74) is 2.02. The molecule has 0 saturated carbocycles. The predicted molar refractivity (Wildman–Crippen MR) is 135 cm³/mol. The minimum atomic E-state index is -1.37. The molecule has 2 aromatic rings. The maximum Gasteiger partial charge on any atom is 0.276 e. The van der Waals surface area contributed by atoms with Crippen molar-refractivity contribution < 1.29 is 23.2 Å². The zero-order valence-corrected chi connectivity index (χ0v) is 20.7. The number of likely N-dealkylation sites (tertiary alicyclic amines) is 1. The van der Waals surface area contributed by atoms with E-state index in [9.17, 15) is 23.2 Å². The van der Waals surface area contributed by atoms with Crippen LogP contribution in [-0.4, -0.2) is 52.6 Å². The summed E-state index contributed by atoms with van der Waals surface area (Å²) in [6.07, 6.45) is 1.04. The summed E-state index contributed by atoms with van der Waals surface area (Å²) < 4.78 is 29.2. The van der Waals surface area contributed by atoms with Crippen molar-refractivity contribution in [2.24, 2.45) is 4.99 Å². The first-order chi connectivity index (χ1) is 17.6. The molecule has 2 aliphatic heterocycles. The van der Waals surface area contributed by atoms with E-state index in [1.165, 1.54) is 17.2 Å². The second kappa shape index (κ2) is 10.9. The van der Waals surface area contributed by atoms with Gasteiger partial charge in [0.05, 0.1) is 24.7 Å². The van der Waals surface area contributed by atoms with Crippen LogP contribution in [0, 0.1) is 5.95 Å². The lowest BCUT2D eigenvalue weighted by molar-refractivity contribution is -0.138. The fourth-order valence-electron chi connectivity index (χ4n) is 4.49. The highest BCUT2D eigenvalue weighted by molar-refractivity contribution is 6.08. The first-order valence-corrected chi connectivity index (χ1v) is 12.1. The molecule has 3 heterocycles. The van der Waals surface area contributed by atoms with Crippen LogP contribution in [-0.2, 0) is 14.4 Å². The van der Waals surface area contributed by atoms with E-state index in [2.05, 4.69) is 21.9 Å². The Morgan fingerprint density at radius 2 is 1.92 bits per heavy atom. The first-order valence-electron chi connectivity index (χ1n) is 12.1. The van der Waals surface area contributed by atoms with Gasteiger partial charge in [0.15, 0.2) is 0 Å². The number of amides is 3. The molecule has 4 rings (SSSR count). The van der Waals surface area contributed by atoms with Crippen molar-refractivity contribution in [1.82, 2.24) is 15.2 Å². The molecule has 1 N–H and O–H groups in total. The maximum absolute atomic E-state index is 14.7. The molecule has 7 nitrogen and oxygen atoms in total. The van der Waals surface area contributed by atoms with Gasteiger partial charge in [-0.1, -0.05) is 56.8 Å². The summed E-state index contributed by atoms with van der Waals surface area (Å²) in [5.74, 6) is -2.21. The van der Waals surface area contributed by atoms with E-state index < -0.39 is 41.9 Å². The number of dihydropyridines is 1. The Morgan fingerprint density at radius 1 is 1.19 bits per heavy atom. The summed E-state index contributed by atoms with van der Waals surface area (Å²) in [7, 11) is 0. The van der Waals surface area contributed by atoms with Gasteiger partial charge in [-0.05, 0) is 29.2 Å². The molecule has 0 unspecified atom stereocenters. The van der Waals surface area contributed by atoms with Crippen molar-refractivity contribution in [3.63, 3.8) is 0 Å². The van der Waals surface area contributed by atoms with E-state index in [0.717, 1.165) is 0 Å². The molecule has 1 fully saturated rings. The smallest absolute Gasteiger partial charge is 0.276 e. The number of halogens is 2. The Morgan fingerprint density at radius 3 is 2.57 bits per heavy atom. The number of alkyl halides is 1. The van der Waals surface area contributed by atoms with Gasteiger partial charge in [0.25, 0.3) is 5.91 Å². The van der Waals surface area contributed by atoms with Crippen LogP contribution in [0.4, 0.5) is 8.78 Å². The minimum Gasteiger partial charge on any atom is -0.342 e. The van der Waals surface area contributed by atoms with Crippen LogP contribution in [0.3, 0.4) is 0 Å². The van der Waals surface area contributed by atoms with Gasteiger partial charge in [0.2, 0.25) is 17.8 Å². The second-order valence-corrected chi connectivity index (χ2v) is 9.50. The highest BCUT2D eigenvalue weighted by Crippen LogP contribution is 2.27. The van der Waals surface area contributed by atoms with E-state index >= 15 is 0 Å². The van der Waals surface area contributed by atoms with Crippen LogP contribution >= 0.6 is 0 Å². The van der Waals surface area contributed by atoms with Crippen molar-refractivity contribution in [2.75, 3.05) is 6.54 Å². The number of benzene rings is 1. The van der Waals surface area contributed by atoms with E-state index in [4.69, 9.17) is 0 Å². The molecule has 1 aromatic heterocycles. The van der Waals surface area contributed by atoms with Gasteiger partial charge in [-0.2, -0.15) is 4.39 Å². The Hall–Kier alpha value is -4.01. The highest BCUT2D eigenvalue weighted by Gasteiger charge is 2.40. The van der Waals surface area contributed by atoms with Gasteiger partial charge in [0.1, 0.15) is 12.2 Å². The minimum absolute atomic E-state index is 0.0644. The van der Waals surface area contributed by atoms with Gasteiger partial charge in [-0.15, -0.1) is 0 Å². The van der Waals surface area contributed by atoms with Gasteiger partial charge in [-0.25, -0.2) is 14.4 Å². The summed E-state index contributed by atoms with van der Waals surface area (Å²) in [5, 5.41) is 2.86. The molecule has 9 heteroatoms. The Balaban J connectivity index is 1.57. The third-order valence-electron chi connectivity index (χ3n) is 6.45. The number of aliphatic imine (C=N–C) groups is 1. The monoisotopic (exact) mass is 506 g/mol. The topological polar surface area (TPSA) is 91.7 Å². The molecule has 0 radical (unpaired) electrons. The van der Waals surface area contributed by atoms with Gasteiger partial charge in [0, 0.05) is 23.8 Å². The molecule has 3 amide bonds. The van der Waals surface area contributed by atoms with Crippen molar-refractivity contribution in [3.05, 3.63) is 89.0 Å². The molecular weight excluding hydrogens is 478 g/mol. The van der Waals surface area contributed by atoms with Crippen molar-refractivity contribution in [2.45, 2.75) is 50.9 Å². The zero-order chi connectivity index (χ0) is 26.7. The predicted octanol–water partition coefficient (Wildman–Crippen LogP) is 3.97. The summed E-state index contributed by atoms with van der Waals surface area (Å²) in [6, 6.07) is 10.4. The molecule has 37 heavy (non-hydrogen) atoms. The Labute approximate surface area is 214 Å². The zero-order valence-electron chi connectivity index (χ0n) is 20.7. The standard InChI is InChI=1S/C28H28F2N4O3/c1-16(2)21-9-10-22(32-26(21)30)25(19-7-5-4-6-8-19)33-28(37)23-13-20(29)15-34(23)24(35)12-18-11-17(3)27(36)31-14-18/h4-11,14,16,20,23,25H,3,12-13,15H2,1-2H3,(H,33,37)/t20-,23+,25+/m1/s1. The fourth-order valence-corrected chi connectivity index (χ4v) is 4.49. The normalized spacial score (nSPS) is 20.2. The average molecular weight is 507 g/mol. The van der Waals surface area contributed by atoms with Crippen LogP contribution in [0.5, 0.6) is 0 Å². The second-order valence-electron chi connectivity index (χ2n) is 9.50. The number of rotatable bonds is 7. The number of pyridine rings is 1. The van der Waals surface area contributed by atoms with Crippen LogP contribution in [0.1, 0.15) is 55.5 Å². The number of carbonyl (C=O) groups is 3. The fraction of sp³-hybridized carbons (Fsp3) is 0.321. The number of hydrogen-bond donors (Lipinski definition) is 1. The quantitative estimate of drug-likeness (QED) is 0.454. The molecule has 0 aliphatic carbocycles. The average Bonchev–Trinajstić information content (AvgIpc) is 3.27. The van der Waals surface area contributed by atoms with Gasteiger partial charge in [-0.3, -0.25) is 14.4 Å². The highest BCUT2D eigenvalue weighted by atomic mass is 19.1. The van der Waals surface area contributed by atoms with E-state index in [1.807, 2.05) is 19.9 Å². The molecule has 3 atom stereocenters. The SMILES string of the molecule is C=C1C=C(CC(=O)N2C[C@H](F)C[C@H]2C(=O)N[C@@H](c2ccccc2)c2ccc(C(C)C)c(F)n2)C=NC1=O. The number of aromatic nitrogens is 1. The van der Waals surface area contributed by atoms with E-state index in [-0.39, 0.29) is 30.9 Å². The van der Waals surface area contributed by atoms with Crippen molar-refractivity contribution >= 4 is 23.9 Å². The van der Waals surface area contributed by atoms with Gasteiger partial charge < -0.3 is 10.2 Å². The number of carbonyl (C=O) groups excluding carboxylic acids is 3. The first kappa shape index (κ1) is 26.1. The third kappa shape index (κ3) is 5.87. The van der Waals surface area contributed by atoms with Crippen LogP contribution in [0.15, 0.2) is 71.3 Å². The lowest BCUT2D eigenvalue weighted by Gasteiger charge is -2.27. The largest absolute Gasteiger partial charge is 0.342 e. The lowest BCUT2D eigenvalue weighted by atomic mass is 9.99. The summed E-state index contributed by atoms with van der Waals surface area (Å²) >= 11 is 0. The van der Waals surface area contributed by atoms with Crippen LogP contribution < -0.4 is 5.32 Å². The van der Waals surface area contributed by atoms with E-state index in [1.54, 1.807) is 36.4 Å². The van der Waals surface area contributed by atoms with Crippen LogP contribution in [0.2, 0.25) is 0 Å². The Kier molecular flexibility index (Phi) is 7.71. The number of nitrogens with zero attached hydrogens (tertiary/aromatic N) is 3. The van der Waals surface area contributed by atoms with Gasteiger partial charge >= 0.3 is 0 Å². The molecule has 1 saturated heterocycles. The van der Waals surface area contributed by atoms with E-state index in [0.29, 0.717) is 22.4 Å². The molecule has 0 bridgehead atoms. The molecule has 0 spiro atoms. The molecular formula is C28H28F2N4O3. The lowest BCUT2D eigenvalue weighted by Crippen LogP contribution is -2.47. The van der Waals surface area contributed by atoms with Crippen molar-refractivity contribution in [3.8, 4) is 0 Å². The van der Waals surface area contributed by atoms with Crippen LogP contribution in [0.25, 0.3) is 0 Å². The third-order valence-corrected chi connectivity index (χ3v) is 6.45. The van der Waals surface area contributed by atoms with Crippen molar-refractivity contribution in [1.29, 1.82) is 0 Å². The molecule has 1 aromatic carbocycles. The summed E-state index contributed by atoms with van der Waals surface area (Å²) in [6.45, 7) is 7.09. The molecule has 192 valence electrons. The molecule has 2 aliphatic rings. The summed E-state index contributed by atoms with van der Waals surface area (Å²) in [4.78, 5) is 47.0. The maximum atomic E-state index is 14.7. The Bertz CT molecular complexity index is 1290.